The quantitative estimate of drug-likeness (QED) is 0.423. The molecule has 1 fully saturated rings. The number of anilines is 1. The zero-order valence-corrected chi connectivity index (χ0v) is 18.8. The summed E-state index contributed by atoms with van der Waals surface area (Å²) in [5.74, 6) is -0.108. The zero-order chi connectivity index (χ0) is 24.6. The summed E-state index contributed by atoms with van der Waals surface area (Å²) in [4.78, 5) is 28.3. The third kappa shape index (κ3) is 4.44. The van der Waals surface area contributed by atoms with E-state index in [2.05, 4.69) is 24.8 Å². The summed E-state index contributed by atoms with van der Waals surface area (Å²) in [5, 5.41) is 3.64. The van der Waals surface area contributed by atoms with Crippen molar-refractivity contribution in [3.8, 4) is 11.7 Å². The molecule has 34 heavy (non-hydrogen) atoms. The Bertz CT molecular complexity index is 1200. The van der Waals surface area contributed by atoms with Gasteiger partial charge >= 0.3 is 18.6 Å². The van der Waals surface area contributed by atoms with Gasteiger partial charge in [0.05, 0.1) is 21.8 Å². The van der Waals surface area contributed by atoms with E-state index in [-0.39, 0.29) is 29.7 Å². The number of amides is 2. The van der Waals surface area contributed by atoms with Crippen molar-refractivity contribution >= 4 is 34.9 Å². The van der Waals surface area contributed by atoms with E-state index in [4.69, 9.17) is 23.2 Å². The number of carbonyl (C=O) groups is 1. The van der Waals surface area contributed by atoms with E-state index in [1.807, 2.05) is 0 Å². The number of nitrogens with zero attached hydrogens (tertiary/aromatic N) is 7. The molecule has 0 bridgehead atoms. The van der Waals surface area contributed by atoms with Gasteiger partial charge in [-0.1, -0.05) is 23.2 Å². The topological polar surface area (TPSA) is 89.3 Å². The van der Waals surface area contributed by atoms with Crippen LogP contribution in [-0.4, -0.2) is 61.3 Å². The highest BCUT2D eigenvalue weighted by Crippen LogP contribution is 2.41. The lowest BCUT2D eigenvalue weighted by Crippen LogP contribution is -2.35. The number of aromatic nitrogens is 5. The Hall–Kier alpha value is -3.19. The minimum absolute atomic E-state index is 0.0290. The first-order valence-electron chi connectivity index (χ1n) is 9.69. The SMILES string of the molecule is C[C@@H](c1ncnn1-c1ncccn1)N1CCN(c2cc(OC(F)(F)C(F)F)c(Cl)cc2Cl)C1=O. The molecule has 2 aromatic heterocycles. The molecule has 4 rings (SSSR count). The van der Waals surface area contributed by atoms with Gasteiger partial charge in [0.2, 0.25) is 0 Å². The maximum atomic E-state index is 13.4. The van der Waals surface area contributed by atoms with E-state index in [9.17, 15) is 22.4 Å². The molecule has 0 aliphatic carbocycles. The predicted molar refractivity (Wildman–Crippen MR) is 113 cm³/mol. The summed E-state index contributed by atoms with van der Waals surface area (Å²) < 4.78 is 57.5. The van der Waals surface area contributed by atoms with Crippen molar-refractivity contribution in [1.29, 1.82) is 0 Å². The van der Waals surface area contributed by atoms with Gasteiger partial charge in [-0.05, 0) is 19.1 Å². The fraction of sp³-hybridized carbons (Fsp3) is 0.316. The third-order valence-electron chi connectivity index (χ3n) is 4.99. The molecule has 1 aliphatic rings. The van der Waals surface area contributed by atoms with Crippen LogP contribution in [0.15, 0.2) is 36.9 Å². The summed E-state index contributed by atoms with van der Waals surface area (Å²) in [6.07, 6.45) is -4.52. The van der Waals surface area contributed by atoms with Crippen molar-refractivity contribution in [3.63, 3.8) is 0 Å². The first-order valence-corrected chi connectivity index (χ1v) is 10.4. The van der Waals surface area contributed by atoms with Crippen molar-refractivity contribution in [3.05, 3.63) is 52.8 Å². The van der Waals surface area contributed by atoms with E-state index in [1.54, 1.807) is 13.0 Å². The number of carbonyl (C=O) groups excluding carboxylic acids is 1. The summed E-state index contributed by atoms with van der Waals surface area (Å²) in [6, 6.07) is 2.47. The molecule has 9 nitrogen and oxygen atoms in total. The fourth-order valence-corrected chi connectivity index (χ4v) is 3.88. The minimum Gasteiger partial charge on any atom is -0.427 e. The molecule has 0 N–H and O–H groups in total. The second kappa shape index (κ2) is 9.22. The van der Waals surface area contributed by atoms with E-state index in [0.717, 1.165) is 12.1 Å². The third-order valence-corrected chi connectivity index (χ3v) is 5.59. The summed E-state index contributed by atoms with van der Waals surface area (Å²) in [5.41, 5.74) is -0.0290. The molecule has 1 saturated heterocycles. The van der Waals surface area contributed by atoms with Gasteiger partial charge in [0.25, 0.3) is 5.95 Å². The first-order chi connectivity index (χ1) is 16.1. The van der Waals surface area contributed by atoms with Crippen molar-refractivity contribution in [2.75, 3.05) is 18.0 Å². The molecule has 3 heterocycles. The molecule has 0 radical (unpaired) electrons. The molecular weight excluding hydrogens is 505 g/mol. The van der Waals surface area contributed by atoms with E-state index >= 15 is 0 Å². The fourth-order valence-electron chi connectivity index (χ4n) is 3.36. The van der Waals surface area contributed by atoms with Gasteiger partial charge in [0.15, 0.2) is 5.82 Å². The highest BCUT2D eigenvalue weighted by molar-refractivity contribution is 6.37. The Kier molecular flexibility index (Phi) is 6.49. The normalized spacial score (nSPS) is 15.4. The van der Waals surface area contributed by atoms with Gasteiger partial charge in [-0.25, -0.2) is 19.7 Å². The van der Waals surface area contributed by atoms with Crippen LogP contribution in [0.4, 0.5) is 28.0 Å². The van der Waals surface area contributed by atoms with E-state index < -0.39 is 35.4 Å². The largest absolute Gasteiger partial charge is 0.461 e. The van der Waals surface area contributed by atoms with Crippen LogP contribution in [0.3, 0.4) is 0 Å². The van der Waals surface area contributed by atoms with Crippen LogP contribution >= 0.6 is 23.2 Å². The van der Waals surface area contributed by atoms with Crippen LogP contribution in [0.25, 0.3) is 5.95 Å². The molecule has 0 unspecified atom stereocenters. The van der Waals surface area contributed by atoms with Gasteiger partial charge in [-0.2, -0.15) is 27.3 Å². The van der Waals surface area contributed by atoms with Crippen LogP contribution in [-0.2, 0) is 0 Å². The number of ether oxygens (including phenoxy) is 1. The molecule has 180 valence electrons. The van der Waals surface area contributed by atoms with Crippen molar-refractivity contribution in [1.82, 2.24) is 29.6 Å². The Morgan fingerprint density at radius 3 is 2.47 bits per heavy atom. The zero-order valence-electron chi connectivity index (χ0n) is 17.2. The van der Waals surface area contributed by atoms with Gasteiger partial charge in [-0.15, -0.1) is 0 Å². The van der Waals surface area contributed by atoms with Crippen molar-refractivity contribution in [2.45, 2.75) is 25.5 Å². The lowest BCUT2D eigenvalue weighted by atomic mass is 10.2. The van der Waals surface area contributed by atoms with Crippen LogP contribution in [0.1, 0.15) is 18.8 Å². The highest BCUT2D eigenvalue weighted by atomic mass is 35.5. The standard InChI is InChI=1S/C19H15Cl2F4N7O2/c1-10(15-28-9-29-32(15)17-26-3-2-4-27-17)30-5-6-31(18(30)33)13-8-14(12(21)7-11(13)20)34-19(24,25)16(22)23/h2-4,7-10,16H,5-6H2,1H3/t10-/m0/s1. The number of hydrogen-bond acceptors (Lipinski definition) is 6. The van der Waals surface area contributed by atoms with Gasteiger partial charge < -0.3 is 9.64 Å². The van der Waals surface area contributed by atoms with Gasteiger partial charge in [0, 0.05) is 31.5 Å². The molecule has 2 amide bonds. The molecule has 0 saturated carbocycles. The van der Waals surface area contributed by atoms with Gasteiger partial charge in [-0.3, -0.25) is 4.90 Å². The van der Waals surface area contributed by atoms with E-state index in [1.165, 1.54) is 33.2 Å². The number of alkyl halides is 4. The number of hydrogen-bond donors (Lipinski definition) is 0. The minimum atomic E-state index is -4.78. The van der Waals surface area contributed by atoms with Gasteiger partial charge in [0.1, 0.15) is 12.1 Å². The Labute approximate surface area is 199 Å². The maximum Gasteiger partial charge on any atom is 0.461 e. The van der Waals surface area contributed by atoms with E-state index in [0.29, 0.717) is 5.82 Å². The number of urea groups is 1. The van der Waals surface area contributed by atoms with Crippen LogP contribution in [0, 0.1) is 0 Å². The lowest BCUT2D eigenvalue weighted by Gasteiger charge is -2.25. The monoisotopic (exact) mass is 519 g/mol. The first kappa shape index (κ1) is 24.0. The molecule has 0 spiro atoms. The van der Waals surface area contributed by atoms with Crippen molar-refractivity contribution in [2.24, 2.45) is 0 Å². The number of halogens is 6. The lowest BCUT2D eigenvalue weighted by molar-refractivity contribution is -0.253. The Morgan fingerprint density at radius 1 is 1.09 bits per heavy atom. The molecule has 1 aliphatic heterocycles. The maximum absolute atomic E-state index is 13.4. The molecule has 1 aromatic carbocycles. The number of rotatable bonds is 7. The smallest absolute Gasteiger partial charge is 0.427 e. The molecule has 3 aromatic rings. The molecule has 15 heteroatoms. The number of benzene rings is 1. The predicted octanol–water partition coefficient (Wildman–Crippen LogP) is 4.60. The summed E-state index contributed by atoms with van der Waals surface area (Å²) in [6.45, 7) is 2.04. The second-order valence-electron chi connectivity index (χ2n) is 7.08. The van der Waals surface area contributed by atoms with Crippen LogP contribution in [0.2, 0.25) is 10.0 Å². The van der Waals surface area contributed by atoms with Crippen LogP contribution in [0.5, 0.6) is 5.75 Å². The highest BCUT2D eigenvalue weighted by Gasteiger charge is 2.45. The Morgan fingerprint density at radius 2 is 1.79 bits per heavy atom. The molecule has 1 atom stereocenters. The molecular formula is C19H15Cl2F4N7O2. The summed E-state index contributed by atoms with van der Waals surface area (Å²) in [7, 11) is 0. The van der Waals surface area contributed by atoms with Crippen molar-refractivity contribution < 1.29 is 27.1 Å². The summed E-state index contributed by atoms with van der Waals surface area (Å²) >= 11 is 12.0. The average Bonchev–Trinajstić information content (AvgIpc) is 3.43. The average molecular weight is 520 g/mol. The Balaban J connectivity index is 1.60. The second-order valence-corrected chi connectivity index (χ2v) is 7.90. The van der Waals surface area contributed by atoms with Crippen LogP contribution < -0.4 is 9.64 Å².